The van der Waals surface area contributed by atoms with Crippen LogP contribution in [0.5, 0.6) is 0 Å². The molecule has 0 unspecified atom stereocenters. The standard InChI is InChI=1S/C14H13ClN4OS/c15-10-4-3-5-11(16)13(10)21-9-8-19-14(20)18-7-2-1-6-12(18)17-19/h1-7H,8-9,16H2. The van der Waals surface area contributed by atoms with Crippen molar-refractivity contribution in [3.63, 3.8) is 0 Å². The van der Waals surface area contributed by atoms with E-state index in [0.29, 0.717) is 28.7 Å². The van der Waals surface area contributed by atoms with E-state index in [1.807, 2.05) is 18.2 Å². The molecule has 0 aliphatic carbocycles. The molecule has 0 fully saturated rings. The van der Waals surface area contributed by atoms with E-state index in [9.17, 15) is 4.79 Å². The monoisotopic (exact) mass is 320 g/mol. The van der Waals surface area contributed by atoms with Crippen molar-refractivity contribution in [2.24, 2.45) is 0 Å². The van der Waals surface area contributed by atoms with Crippen LogP contribution in [0.3, 0.4) is 0 Å². The van der Waals surface area contributed by atoms with Gasteiger partial charge in [-0.05, 0) is 24.3 Å². The fourth-order valence-corrected chi connectivity index (χ4v) is 3.28. The van der Waals surface area contributed by atoms with Crippen molar-refractivity contribution in [3.8, 4) is 0 Å². The Bertz CT molecular complexity index is 822. The maximum absolute atomic E-state index is 12.1. The highest BCUT2D eigenvalue weighted by molar-refractivity contribution is 7.99. The molecule has 3 aromatic rings. The van der Waals surface area contributed by atoms with Gasteiger partial charge in [-0.15, -0.1) is 16.9 Å². The summed E-state index contributed by atoms with van der Waals surface area (Å²) in [6.45, 7) is 0.496. The lowest BCUT2D eigenvalue weighted by molar-refractivity contribution is 0.640. The van der Waals surface area contributed by atoms with E-state index >= 15 is 0 Å². The van der Waals surface area contributed by atoms with Crippen molar-refractivity contribution < 1.29 is 0 Å². The number of nitrogens with zero attached hydrogens (tertiary/aromatic N) is 3. The predicted octanol–water partition coefficient (Wildman–Crippen LogP) is 2.52. The second-order valence-electron chi connectivity index (χ2n) is 4.44. The van der Waals surface area contributed by atoms with E-state index in [0.717, 1.165) is 4.90 Å². The molecule has 0 spiro atoms. The average molecular weight is 321 g/mol. The predicted molar refractivity (Wildman–Crippen MR) is 86.0 cm³/mol. The lowest BCUT2D eigenvalue weighted by Gasteiger charge is -2.06. The molecule has 0 aliphatic heterocycles. The molecule has 0 saturated carbocycles. The Morgan fingerprint density at radius 1 is 1.24 bits per heavy atom. The van der Waals surface area contributed by atoms with Gasteiger partial charge in [-0.2, -0.15) is 0 Å². The maximum atomic E-state index is 12.1. The first-order valence-corrected chi connectivity index (χ1v) is 7.74. The van der Waals surface area contributed by atoms with Gasteiger partial charge in [0.25, 0.3) is 0 Å². The van der Waals surface area contributed by atoms with E-state index in [1.54, 1.807) is 24.4 Å². The Balaban J connectivity index is 1.75. The van der Waals surface area contributed by atoms with E-state index < -0.39 is 0 Å². The molecule has 2 aromatic heterocycles. The third kappa shape index (κ3) is 2.77. The van der Waals surface area contributed by atoms with Gasteiger partial charge in [-0.3, -0.25) is 4.40 Å². The minimum absolute atomic E-state index is 0.140. The Hall–Kier alpha value is -1.92. The van der Waals surface area contributed by atoms with Crippen LogP contribution in [0.1, 0.15) is 0 Å². The number of hydrogen-bond donors (Lipinski definition) is 1. The largest absolute Gasteiger partial charge is 0.398 e. The number of hydrogen-bond acceptors (Lipinski definition) is 4. The molecular weight excluding hydrogens is 308 g/mol. The van der Waals surface area contributed by atoms with E-state index in [1.165, 1.54) is 20.8 Å². The summed E-state index contributed by atoms with van der Waals surface area (Å²) in [7, 11) is 0. The molecule has 108 valence electrons. The third-order valence-electron chi connectivity index (χ3n) is 3.04. The van der Waals surface area contributed by atoms with Crippen LogP contribution in [-0.4, -0.2) is 19.9 Å². The molecule has 5 nitrogen and oxygen atoms in total. The number of anilines is 1. The second kappa shape index (κ2) is 5.83. The van der Waals surface area contributed by atoms with Crippen molar-refractivity contribution >= 4 is 34.7 Å². The number of benzene rings is 1. The minimum Gasteiger partial charge on any atom is -0.398 e. The van der Waals surface area contributed by atoms with Gasteiger partial charge in [0.2, 0.25) is 0 Å². The third-order valence-corrected chi connectivity index (χ3v) is 4.59. The summed E-state index contributed by atoms with van der Waals surface area (Å²) in [6, 6.07) is 10.9. The summed E-state index contributed by atoms with van der Waals surface area (Å²) in [4.78, 5) is 13.0. The van der Waals surface area contributed by atoms with Crippen molar-refractivity contribution in [2.75, 3.05) is 11.5 Å². The van der Waals surface area contributed by atoms with Crippen LogP contribution in [0.4, 0.5) is 5.69 Å². The van der Waals surface area contributed by atoms with E-state index in [4.69, 9.17) is 17.3 Å². The molecule has 0 saturated heterocycles. The molecule has 0 atom stereocenters. The Kier molecular flexibility index (Phi) is 3.90. The number of nitrogen functional groups attached to an aromatic ring is 1. The highest BCUT2D eigenvalue weighted by atomic mass is 35.5. The molecule has 2 N–H and O–H groups in total. The summed E-state index contributed by atoms with van der Waals surface area (Å²) in [5, 5.41) is 4.91. The lowest BCUT2D eigenvalue weighted by atomic mass is 10.3. The Morgan fingerprint density at radius 2 is 2.10 bits per heavy atom. The topological polar surface area (TPSA) is 65.3 Å². The van der Waals surface area contributed by atoms with Crippen LogP contribution >= 0.6 is 23.4 Å². The molecule has 0 radical (unpaired) electrons. The molecule has 0 amide bonds. The zero-order chi connectivity index (χ0) is 14.8. The number of aromatic nitrogens is 3. The normalized spacial score (nSPS) is 11.1. The first kappa shape index (κ1) is 14.0. The Morgan fingerprint density at radius 3 is 2.86 bits per heavy atom. The van der Waals surface area contributed by atoms with Crippen LogP contribution in [0.2, 0.25) is 5.02 Å². The lowest BCUT2D eigenvalue weighted by Crippen LogP contribution is -2.22. The van der Waals surface area contributed by atoms with Gasteiger partial charge in [0.15, 0.2) is 5.65 Å². The van der Waals surface area contributed by atoms with Crippen molar-refractivity contribution in [2.45, 2.75) is 11.4 Å². The number of rotatable bonds is 4. The molecule has 2 heterocycles. The van der Waals surface area contributed by atoms with Crippen LogP contribution in [-0.2, 0) is 6.54 Å². The highest BCUT2D eigenvalue weighted by Gasteiger charge is 2.08. The molecule has 3 rings (SSSR count). The van der Waals surface area contributed by atoms with Crippen LogP contribution in [0.25, 0.3) is 5.65 Å². The van der Waals surface area contributed by atoms with Crippen LogP contribution in [0.15, 0.2) is 52.3 Å². The highest BCUT2D eigenvalue weighted by Crippen LogP contribution is 2.32. The van der Waals surface area contributed by atoms with Crippen molar-refractivity contribution in [1.82, 2.24) is 14.2 Å². The molecule has 0 bridgehead atoms. The molecule has 21 heavy (non-hydrogen) atoms. The second-order valence-corrected chi connectivity index (χ2v) is 5.95. The number of fused-ring (bicyclic) bond motifs is 1. The first-order chi connectivity index (χ1) is 10.2. The smallest absolute Gasteiger partial charge is 0.350 e. The molecular formula is C14H13ClN4OS. The number of thioether (sulfide) groups is 1. The molecule has 1 aromatic carbocycles. The van der Waals surface area contributed by atoms with Crippen LogP contribution in [0, 0.1) is 0 Å². The summed E-state index contributed by atoms with van der Waals surface area (Å²) in [6.07, 6.45) is 1.71. The summed E-state index contributed by atoms with van der Waals surface area (Å²) in [5.41, 5.74) is 7.05. The zero-order valence-corrected chi connectivity index (χ0v) is 12.6. The SMILES string of the molecule is Nc1cccc(Cl)c1SCCn1nc2ccccn2c1=O. The van der Waals surface area contributed by atoms with Gasteiger partial charge in [0, 0.05) is 22.5 Å². The average Bonchev–Trinajstić information content (AvgIpc) is 2.79. The van der Waals surface area contributed by atoms with Gasteiger partial charge < -0.3 is 5.73 Å². The van der Waals surface area contributed by atoms with Crippen molar-refractivity contribution in [3.05, 3.63) is 58.1 Å². The maximum Gasteiger partial charge on any atom is 0.350 e. The van der Waals surface area contributed by atoms with Gasteiger partial charge in [0.05, 0.1) is 11.6 Å². The van der Waals surface area contributed by atoms with Gasteiger partial charge >= 0.3 is 5.69 Å². The fourth-order valence-electron chi connectivity index (χ4n) is 2.03. The number of halogens is 1. The molecule has 0 aliphatic rings. The summed E-state index contributed by atoms with van der Waals surface area (Å²) < 4.78 is 2.98. The molecule has 7 heteroatoms. The zero-order valence-electron chi connectivity index (χ0n) is 11.1. The summed E-state index contributed by atoms with van der Waals surface area (Å²) in [5.74, 6) is 0.664. The van der Waals surface area contributed by atoms with E-state index in [2.05, 4.69) is 5.10 Å². The Labute approximate surface area is 130 Å². The number of pyridine rings is 1. The van der Waals surface area contributed by atoms with Gasteiger partial charge in [-0.1, -0.05) is 23.7 Å². The minimum atomic E-state index is -0.140. The fraction of sp³-hybridized carbons (Fsp3) is 0.143. The van der Waals surface area contributed by atoms with Gasteiger partial charge in [0.1, 0.15) is 0 Å². The number of aryl methyl sites for hydroxylation is 1. The summed E-state index contributed by atoms with van der Waals surface area (Å²) >= 11 is 7.64. The van der Waals surface area contributed by atoms with Crippen molar-refractivity contribution in [1.29, 1.82) is 0 Å². The van der Waals surface area contributed by atoms with Crippen LogP contribution < -0.4 is 11.4 Å². The quantitative estimate of drug-likeness (QED) is 0.592. The first-order valence-electron chi connectivity index (χ1n) is 6.38. The van der Waals surface area contributed by atoms with E-state index in [-0.39, 0.29) is 5.69 Å². The number of nitrogens with two attached hydrogens (primary N) is 1. The van der Waals surface area contributed by atoms with Gasteiger partial charge in [-0.25, -0.2) is 9.48 Å².